The largest absolute Gasteiger partial charge is 0.329 e. The molecule has 0 aromatic carbocycles. The van der Waals surface area contributed by atoms with Crippen LogP contribution in [0.1, 0.15) is 48.9 Å². The molecule has 0 amide bonds. The molecule has 2 rings (SSSR count). The Morgan fingerprint density at radius 3 is 2.78 bits per heavy atom. The molecule has 0 radical (unpaired) electrons. The number of likely N-dealkylation sites (tertiary alicyclic amines) is 1. The quantitative estimate of drug-likeness (QED) is 0.901. The number of nitrogens with zero attached hydrogens (tertiary/aromatic N) is 1. The lowest BCUT2D eigenvalue weighted by Crippen LogP contribution is -2.40. The van der Waals surface area contributed by atoms with E-state index in [4.69, 9.17) is 5.73 Å². The van der Waals surface area contributed by atoms with E-state index in [1.807, 2.05) is 11.3 Å². The molecule has 2 N–H and O–H groups in total. The van der Waals surface area contributed by atoms with Crippen LogP contribution in [0.2, 0.25) is 0 Å². The van der Waals surface area contributed by atoms with Crippen LogP contribution < -0.4 is 5.73 Å². The summed E-state index contributed by atoms with van der Waals surface area (Å²) in [5, 5.41) is 0. The van der Waals surface area contributed by atoms with Crippen molar-refractivity contribution in [3.8, 4) is 0 Å². The number of thiophene rings is 1. The standard InChI is InChI=1S/C14H23BrN2S/c1-4-11-6-5-9(2)17(11)13(8-16)14-7-12(15)10(3)18-14/h7,9,11,13H,4-6,8,16H2,1-3H3. The van der Waals surface area contributed by atoms with Gasteiger partial charge in [0.25, 0.3) is 0 Å². The van der Waals surface area contributed by atoms with E-state index in [1.165, 1.54) is 33.5 Å². The number of hydrogen-bond donors (Lipinski definition) is 1. The maximum Gasteiger partial charge on any atom is 0.0569 e. The van der Waals surface area contributed by atoms with E-state index in [-0.39, 0.29) is 0 Å². The molecule has 1 fully saturated rings. The minimum absolute atomic E-state index is 0.391. The average Bonchev–Trinajstić information content (AvgIpc) is 2.86. The monoisotopic (exact) mass is 330 g/mol. The summed E-state index contributed by atoms with van der Waals surface area (Å²) >= 11 is 5.50. The van der Waals surface area contributed by atoms with Crippen LogP contribution in [0.3, 0.4) is 0 Å². The highest BCUT2D eigenvalue weighted by Crippen LogP contribution is 2.39. The fourth-order valence-electron chi connectivity index (χ4n) is 3.10. The summed E-state index contributed by atoms with van der Waals surface area (Å²) in [5.74, 6) is 0. The molecule has 3 unspecified atom stereocenters. The van der Waals surface area contributed by atoms with E-state index in [9.17, 15) is 0 Å². The fourth-order valence-corrected chi connectivity index (χ4v) is 4.78. The van der Waals surface area contributed by atoms with E-state index >= 15 is 0 Å². The second kappa shape index (κ2) is 6.04. The summed E-state index contributed by atoms with van der Waals surface area (Å²) in [6.07, 6.45) is 3.85. The van der Waals surface area contributed by atoms with Crippen molar-refractivity contribution >= 4 is 27.3 Å². The van der Waals surface area contributed by atoms with Crippen LogP contribution in [0.5, 0.6) is 0 Å². The zero-order valence-corrected chi connectivity index (χ0v) is 13.9. The summed E-state index contributed by atoms with van der Waals surface area (Å²) in [5.41, 5.74) is 6.07. The lowest BCUT2D eigenvalue weighted by Gasteiger charge is -2.35. The molecule has 0 bridgehead atoms. The van der Waals surface area contributed by atoms with Gasteiger partial charge < -0.3 is 5.73 Å². The maximum atomic E-state index is 6.07. The Morgan fingerprint density at radius 2 is 2.28 bits per heavy atom. The molecule has 18 heavy (non-hydrogen) atoms. The van der Waals surface area contributed by atoms with Crippen LogP contribution in [0.25, 0.3) is 0 Å². The molecule has 0 saturated carbocycles. The first kappa shape index (κ1) is 14.5. The topological polar surface area (TPSA) is 29.3 Å². The van der Waals surface area contributed by atoms with Gasteiger partial charge in [-0.05, 0) is 55.1 Å². The third kappa shape index (κ3) is 2.67. The number of aryl methyl sites for hydroxylation is 1. The van der Waals surface area contributed by atoms with E-state index in [2.05, 4.69) is 47.7 Å². The Hall–Kier alpha value is 0.1000. The van der Waals surface area contributed by atoms with Crippen molar-refractivity contribution in [2.75, 3.05) is 6.54 Å². The molecule has 1 aliphatic heterocycles. The number of nitrogens with two attached hydrogens (primary N) is 1. The molecule has 2 nitrogen and oxygen atoms in total. The minimum Gasteiger partial charge on any atom is -0.329 e. The van der Waals surface area contributed by atoms with Crippen molar-refractivity contribution in [3.63, 3.8) is 0 Å². The minimum atomic E-state index is 0.391. The molecule has 102 valence electrons. The molecule has 1 aromatic rings. The van der Waals surface area contributed by atoms with Gasteiger partial charge in [0.1, 0.15) is 0 Å². The van der Waals surface area contributed by atoms with Crippen molar-refractivity contribution in [1.29, 1.82) is 0 Å². The van der Waals surface area contributed by atoms with Crippen molar-refractivity contribution in [1.82, 2.24) is 4.90 Å². The SMILES string of the molecule is CCC1CCC(C)N1C(CN)c1cc(Br)c(C)s1. The van der Waals surface area contributed by atoms with Gasteiger partial charge in [-0.2, -0.15) is 0 Å². The molecule has 1 aromatic heterocycles. The smallest absolute Gasteiger partial charge is 0.0569 e. The molecule has 3 atom stereocenters. The number of hydrogen-bond acceptors (Lipinski definition) is 3. The summed E-state index contributed by atoms with van der Waals surface area (Å²) in [4.78, 5) is 5.41. The molecule has 1 saturated heterocycles. The first-order valence-electron chi connectivity index (χ1n) is 6.81. The Kier molecular flexibility index (Phi) is 4.86. The van der Waals surface area contributed by atoms with Crippen molar-refractivity contribution in [3.05, 3.63) is 20.3 Å². The normalized spacial score (nSPS) is 26.7. The zero-order chi connectivity index (χ0) is 13.3. The predicted octanol–water partition coefficient (Wildman–Crippen LogP) is 4.08. The third-order valence-electron chi connectivity index (χ3n) is 4.11. The summed E-state index contributed by atoms with van der Waals surface area (Å²) in [7, 11) is 0. The highest BCUT2D eigenvalue weighted by molar-refractivity contribution is 9.10. The van der Waals surface area contributed by atoms with Crippen molar-refractivity contribution < 1.29 is 0 Å². The van der Waals surface area contributed by atoms with Gasteiger partial charge in [-0.1, -0.05) is 6.92 Å². The first-order chi connectivity index (χ1) is 8.58. The first-order valence-corrected chi connectivity index (χ1v) is 8.42. The highest BCUT2D eigenvalue weighted by Gasteiger charge is 2.35. The molecule has 0 aliphatic carbocycles. The van der Waals surface area contributed by atoms with Crippen LogP contribution in [-0.4, -0.2) is 23.5 Å². The molecular weight excluding hydrogens is 308 g/mol. The van der Waals surface area contributed by atoms with Crippen LogP contribution in [0, 0.1) is 6.92 Å². The molecular formula is C14H23BrN2S. The molecule has 0 spiro atoms. The van der Waals surface area contributed by atoms with Gasteiger partial charge in [0, 0.05) is 32.9 Å². The summed E-state index contributed by atoms with van der Waals surface area (Å²) in [6, 6.07) is 4.01. The van der Waals surface area contributed by atoms with Gasteiger partial charge in [0.15, 0.2) is 0 Å². The Bertz CT molecular complexity index is 385. The Labute approximate surface area is 123 Å². The zero-order valence-electron chi connectivity index (χ0n) is 11.4. The molecule has 2 heterocycles. The van der Waals surface area contributed by atoms with E-state index in [0.29, 0.717) is 24.7 Å². The highest BCUT2D eigenvalue weighted by atomic mass is 79.9. The van der Waals surface area contributed by atoms with Crippen LogP contribution in [-0.2, 0) is 0 Å². The van der Waals surface area contributed by atoms with E-state index in [0.717, 1.165) is 0 Å². The average molecular weight is 331 g/mol. The van der Waals surface area contributed by atoms with E-state index in [1.54, 1.807) is 0 Å². The van der Waals surface area contributed by atoms with Gasteiger partial charge in [-0.25, -0.2) is 0 Å². The Balaban J connectivity index is 2.27. The van der Waals surface area contributed by atoms with Gasteiger partial charge in [-0.3, -0.25) is 4.90 Å². The van der Waals surface area contributed by atoms with Crippen LogP contribution in [0.15, 0.2) is 10.5 Å². The lowest BCUT2D eigenvalue weighted by molar-refractivity contribution is 0.139. The van der Waals surface area contributed by atoms with Gasteiger partial charge in [0.2, 0.25) is 0 Å². The second-order valence-corrected chi connectivity index (χ2v) is 7.38. The number of rotatable bonds is 4. The van der Waals surface area contributed by atoms with E-state index < -0.39 is 0 Å². The lowest BCUT2D eigenvalue weighted by atomic mass is 10.1. The summed E-state index contributed by atoms with van der Waals surface area (Å²) < 4.78 is 1.22. The van der Waals surface area contributed by atoms with Crippen molar-refractivity contribution in [2.24, 2.45) is 5.73 Å². The molecule has 1 aliphatic rings. The molecule has 4 heteroatoms. The van der Waals surface area contributed by atoms with Crippen LogP contribution in [0.4, 0.5) is 0 Å². The van der Waals surface area contributed by atoms with Crippen molar-refractivity contribution in [2.45, 2.75) is 58.2 Å². The fraction of sp³-hybridized carbons (Fsp3) is 0.714. The predicted molar refractivity (Wildman–Crippen MR) is 83.2 cm³/mol. The van der Waals surface area contributed by atoms with Gasteiger partial charge in [0.05, 0.1) is 6.04 Å². The van der Waals surface area contributed by atoms with Gasteiger partial charge >= 0.3 is 0 Å². The second-order valence-electron chi connectivity index (χ2n) is 5.24. The van der Waals surface area contributed by atoms with Crippen LogP contribution >= 0.6 is 27.3 Å². The Morgan fingerprint density at radius 1 is 1.56 bits per heavy atom. The third-order valence-corrected chi connectivity index (χ3v) is 6.35. The summed E-state index contributed by atoms with van der Waals surface area (Å²) in [6.45, 7) is 7.51. The maximum absolute atomic E-state index is 6.07. The number of halogens is 1. The van der Waals surface area contributed by atoms with Gasteiger partial charge in [-0.15, -0.1) is 11.3 Å².